The summed E-state index contributed by atoms with van der Waals surface area (Å²) >= 11 is 0. The molecule has 0 saturated heterocycles. The first-order valence-electron chi connectivity index (χ1n) is 10.9. The molecule has 0 rings (SSSR count). The minimum atomic E-state index is -1.01. The van der Waals surface area contributed by atoms with Crippen molar-refractivity contribution < 1.29 is 35.1 Å². The maximum atomic E-state index is 11.4. The normalized spacial score (nSPS) is 14.6. The predicted molar refractivity (Wildman–Crippen MR) is 108 cm³/mol. The van der Waals surface area contributed by atoms with E-state index in [1.54, 1.807) is 0 Å². The van der Waals surface area contributed by atoms with Crippen LogP contribution in [0.5, 0.6) is 0 Å². The smallest absolute Gasteiger partial charge is 0.305 e. The minimum absolute atomic E-state index is 0.167. The number of ether oxygens (including phenoxy) is 1. The van der Waals surface area contributed by atoms with Gasteiger partial charge in [-0.15, -0.1) is 0 Å². The third-order valence-corrected chi connectivity index (χ3v) is 4.88. The number of carbonyl (C=O) groups is 1. The fraction of sp³-hybridized carbons (Fsp3) is 0.952. The highest BCUT2D eigenvalue weighted by Gasteiger charge is 2.15. The minimum Gasteiger partial charge on any atom is -0.463 e. The van der Waals surface area contributed by atoms with Gasteiger partial charge >= 0.3 is 5.97 Å². The van der Waals surface area contributed by atoms with Gasteiger partial charge in [-0.2, -0.15) is 0 Å². The first-order valence-corrected chi connectivity index (χ1v) is 10.9. The van der Waals surface area contributed by atoms with E-state index >= 15 is 0 Å². The molecular weight excluding hydrogens is 364 g/mol. The van der Waals surface area contributed by atoms with Crippen LogP contribution < -0.4 is 0 Å². The number of hydrogen-bond acceptors (Lipinski definition) is 7. The van der Waals surface area contributed by atoms with Crippen LogP contribution in [-0.2, 0) is 9.53 Å². The Labute approximate surface area is 169 Å². The van der Waals surface area contributed by atoms with Gasteiger partial charge in [-0.25, -0.2) is 0 Å². The molecule has 0 aliphatic rings. The Morgan fingerprint density at radius 1 is 0.679 bits per heavy atom. The first kappa shape index (κ1) is 27.3. The lowest BCUT2D eigenvalue weighted by Crippen LogP contribution is -2.25. The van der Waals surface area contributed by atoms with Crippen LogP contribution in [0.1, 0.15) is 89.9 Å². The van der Waals surface area contributed by atoms with Crippen molar-refractivity contribution in [1.29, 1.82) is 0 Å². The molecule has 0 aromatic heterocycles. The number of carbonyl (C=O) groups excluding carboxylic acids is 1. The lowest BCUT2D eigenvalue weighted by atomic mass is 9.99. The number of aliphatic hydroxyl groups is 5. The first-order chi connectivity index (χ1) is 13.5. The van der Waals surface area contributed by atoms with Crippen molar-refractivity contribution in [2.24, 2.45) is 0 Å². The topological polar surface area (TPSA) is 127 Å². The van der Waals surface area contributed by atoms with Crippen molar-refractivity contribution in [2.45, 2.75) is 108 Å². The van der Waals surface area contributed by atoms with E-state index in [9.17, 15) is 15.0 Å². The van der Waals surface area contributed by atoms with Crippen LogP contribution in [0.15, 0.2) is 0 Å². The van der Waals surface area contributed by atoms with E-state index in [0.717, 1.165) is 70.6 Å². The zero-order valence-corrected chi connectivity index (χ0v) is 17.3. The predicted octanol–water partition coefficient (Wildman–Crippen LogP) is 2.06. The molecule has 0 fully saturated rings. The highest BCUT2D eigenvalue weighted by Crippen LogP contribution is 2.15. The average molecular weight is 407 g/mol. The Kier molecular flexibility index (Phi) is 19.1. The molecule has 28 heavy (non-hydrogen) atoms. The van der Waals surface area contributed by atoms with Crippen molar-refractivity contribution in [3.63, 3.8) is 0 Å². The highest BCUT2D eigenvalue weighted by atomic mass is 16.5. The third kappa shape index (κ3) is 17.4. The molecule has 0 saturated carbocycles. The van der Waals surface area contributed by atoms with Gasteiger partial charge in [0.25, 0.3) is 0 Å². The molecule has 0 heterocycles. The molecule has 0 spiro atoms. The average Bonchev–Trinajstić information content (AvgIpc) is 2.70. The van der Waals surface area contributed by atoms with Crippen molar-refractivity contribution in [1.82, 2.24) is 0 Å². The van der Waals surface area contributed by atoms with Gasteiger partial charge in [0, 0.05) is 13.0 Å². The molecule has 168 valence electrons. The van der Waals surface area contributed by atoms with Gasteiger partial charge in [0.05, 0.1) is 18.8 Å². The van der Waals surface area contributed by atoms with Crippen LogP contribution in [-0.4, -0.2) is 69.6 Å². The van der Waals surface area contributed by atoms with E-state index in [4.69, 9.17) is 20.1 Å². The second-order valence-electron chi connectivity index (χ2n) is 7.59. The van der Waals surface area contributed by atoms with Crippen LogP contribution in [0, 0.1) is 0 Å². The molecule has 5 N–H and O–H groups in total. The van der Waals surface area contributed by atoms with Crippen LogP contribution in [0.2, 0.25) is 0 Å². The lowest BCUT2D eigenvalue weighted by Gasteiger charge is -2.17. The van der Waals surface area contributed by atoms with E-state index in [0.29, 0.717) is 19.3 Å². The number of unbranched alkanes of at least 4 members (excludes halogenated alkanes) is 9. The van der Waals surface area contributed by atoms with Crippen molar-refractivity contribution in [3.05, 3.63) is 0 Å². The second kappa shape index (κ2) is 19.6. The van der Waals surface area contributed by atoms with E-state index in [1.165, 1.54) is 0 Å². The van der Waals surface area contributed by atoms with Gasteiger partial charge in [0.15, 0.2) is 0 Å². The Morgan fingerprint density at radius 2 is 1.14 bits per heavy atom. The summed E-state index contributed by atoms with van der Waals surface area (Å²) in [6.07, 6.45) is 9.69. The Hall–Kier alpha value is -0.730. The van der Waals surface area contributed by atoms with Gasteiger partial charge in [-0.05, 0) is 25.7 Å². The molecule has 7 heteroatoms. The molecule has 0 aromatic carbocycles. The maximum Gasteiger partial charge on any atom is 0.305 e. The van der Waals surface area contributed by atoms with Crippen LogP contribution in [0.25, 0.3) is 0 Å². The van der Waals surface area contributed by atoms with Gasteiger partial charge in [0.2, 0.25) is 0 Å². The number of aliphatic hydroxyl groups excluding tert-OH is 5. The second-order valence-corrected chi connectivity index (χ2v) is 7.59. The molecular formula is C21H42O7. The summed E-state index contributed by atoms with van der Waals surface area (Å²) in [7, 11) is 0. The molecule has 0 amide bonds. The fourth-order valence-corrected chi connectivity index (χ4v) is 3.02. The quantitative estimate of drug-likeness (QED) is 0.155. The number of esters is 1. The maximum absolute atomic E-state index is 11.4. The lowest BCUT2D eigenvalue weighted by molar-refractivity contribution is -0.147. The van der Waals surface area contributed by atoms with Gasteiger partial charge in [-0.1, -0.05) is 57.8 Å². The standard InChI is InChI=1S/C21H42O7/c22-15-11-7-2-1-4-8-12-19(25)20(26)13-9-5-3-6-10-14-21(27)28-17-18(24)16-23/h18-20,22-26H,1-17H2/t18-,19?,20?/m1/s1. The molecule has 0 radical (unpaired) electrons. The zero-order chi connectivity index (χ0) is 21.0. The molecule has 0 bridgehead atoms. The molecule has 2 unspecified atom stereocenters. The Bertz CT molecular complexity index is 352. The highest BCUT2D eigenvalue weighted by molar-refractivity contribution is 5.69. The van der Waals surface area contributed by atoms with E-state index < -0.39 is 24.9 Å². The van der Waals surface area contributed by atoms with Crippen LogP contribution in [0.4, 0.5) is 0 Å². The van der Waals surface area contributed by atoms with Crippen molar-refractivity contribution >= 4 is 5.97 Å². The summed E-state index contributed by atoms with van der Waals surface area (Å²) in [5.74, 6) is -0.362. The van der Waals surface area contributed by atoms with Crippen molar-refractivity contribution in [3.8, 4) is 0 Å². The molecule has 7 nitrogen and oxygen atoms in total. The van der Waals surface area contributed by atoms with E-state index in [-0.39, 0.29) is 19.2 Å². The summed E-state index contributed by atoms with van der Waals surface area (Å²) < 4.78 is 4.83. The molecule has 0 aliphatic carbocycles. The van der Waals surface area contributed by atoms with Crippen LogP contribution in [0.3, 0.4) is 0 Å². The largest absolute Gasteiger partial charge is 0.463 e. The monoisotopic (exact) mass is 406 g/mol. The van der Waals surface area contributed by atoms with E-state index in [1.807, 2.05) is 0 Å². The third-order valence-electron chi connectivity index (χ3n) is 4.88. The molecule has 0 aliphatic heterocycles. The van der Waals surface area contributed by atoms with Gasteiger partial charge < -0.3 is 30.3 Å². The van der Waals surface area contributed by atoms with Crippen molar-refractivity contribution in [2.75, 3.05) is 19.8 Å². The summed E-state index contributed by atoms with van der Waals surface area (Å²) in [5.41, 5.74) is 0. The Morgan fingerprint density at radius 3 is 1.64 bits per heavy atom. The summed E-state index contributed by atoms with van der Waals surface area (Å²) in [6, 6.07) is 0. The summed E-state index contributed by atoms with van der Waals surface area (Å²) in [5, 5.41) is 46.4. The number of hydrogen-bond donors (Lipinski definition) is 5. The molecule has 0 aromatic rings. The molecule has 3 atom stereocenters. The van der Waals surface area contributed by atoms with Crippen LogP contribution >= 0.6 is 0 Å². The van der Waals surface area contributed by atoms with Gasteiger partial charge in [0.1, 0.15) is 12.7 Å². The number of rotatable bonds is 20. The zero-order valence-electron chi connectivity index (χ0n) is 17.3. The SMILES string of the molecule is O=C(CCCCCCCC(O)C(O)CCCCCCCCO)OC[C@H](O)CO. The fourth-order valence-electron chi connectivity index (χ4n) is 3.02. The summed E-state index contributed by atoms with van der Waals surface area (Å²) in [6.45, 7) is -0.327. The van der Waals surface area contributed by atoms with Gasteiger partial charge in [-0.3, -0.25) is 4.79 Å². The summed E-state index contributed by atoms with van der Waals surface area (Å²) in [4.78, 5) is 11.4. The Balaban J connectivity index is 3.45. The van der Waals surface area contributed by atoms with E-state index in [2.05, 4.69) is 0 Å².